The van der Waals surface area contributed by atoms with E-state index in [1.165, 1.54) is 12.1 Å². The molecule has 2 heterocycles. The van der Waals surface area contributed by atoms with Gasteiger partial charge in [0.1, 0.15) is 5.75 Å². The second-order valence-corrected chi connectivity index (χ2v) is 6.13. The van der Waals surface area contributed by atoms with Crippen molar-refractivity contribution in [2.24, 2.45) is 5.92 Å². The lowest BCUT2D eigenvalue weighted by molar-refractivity contribution is -0.360. The third kappa shape index (κ3) is 3.38. The predicted octanol–water partition coefficient (Wildman–Crippen LogP) is 4.36. The largest absolute Gasteiger partial charge is 0.499 e. The van der Waals surface area contributed by atoms with Crippen molar-refractivity contribution in [2.75, 3.05) is 0 Å². The van der Waals surface area contributed by atoms with Gasteiger partial charge in [0.25, 0.3) is 0 Å². The molecule has 0 aliphatic carbocycles. The van der Waals surface area contributed by atoms with Crippen LogP contribution in [0, 0.1) is 5.92 Å². The van der Waals surface area contributed by atoms with Crippen LogP contribution >= 0.6 is 0 Å². The average Bonchev–Trinajstić information content (AvgIpc) is 2.84. The molecular weight excluding hydrogens is 335 g/mol. The summed E-state index contributed by atoms with van der Waals surface area (Å²) in [4.78, 5) is 12.4. The van der Waals surface area contributed by atoms with Crippen molar-refractivity contribution in [3.05, 3.63) is 29.8 Å². The molecule has 2 bridgehead atoms. The molecule has 24 heavy (non-hydrogen) atoms. The molecule has 0 spiro atoms. The van der Waals surface area contributed by atoms with Crippen LogP contribution in [0.25, 0.3) is 0 Å². The van der Waals surface area contributed by atoms with Gasteiger partial charge in [-0.15, -0.1) is 0 Å². The Kier molecular flexibility index (Phi) is 4.27. The van der Waals surface area contributed by atoms with E-state index in [9.17, 15) is 26.7 Å². The molecule has 2 aliphatic heterocycles. The minimum absolute atomic E-state index is 0.0748. The second-order valence-electron chi connectivity index (χ2n) is 6.13. The van der Waals surface area contributed by atoms with E-state index >= 15 is 0 Å². The number of halogens is 5. The highest BCUT2D eigenvalue weighted by molar-refractivity contribution is 5.98. The smallest absolute Gasteiger partial charge is 0.426 e. The number of benzene rings is 1. The number of alkyl halides is 5. The molecule has 8 heteroatoms. The lowest BCUT2D eigenvalue weighted by Gasteiger charge is -2.27. The molecule has 132 valence electrons. The summed E-state index contributed by atoms with van der Waals surface area (Å²) in [5.41, 5.74) is 0.268. The summed E-state index contributed by atoms with van der Waals surface area (Å²) >= 11 is 0. The van der Waals surface area contributed by atoms with Gasteiger partial charge >= 0.3 is 12.3 Å². The van der Waals surface area contributed by atoms with Crippen molar-refractivity contribution < 1.29 is 36.2 Å². The Morgan fingerprint density at radius 1 is 1.00 bits per heavy atom. The Bertz CT molecular complexity index is 599. The molecule has 2 unspecified atom stereocenters. The lowest BCUT2D eigenvalue weighted by atomic mass is 9.88. The van der Waals surface area contributed by atoms with Crippen LogP contribution in [0.1, 0.15) is 36.0 Å². The van der Waals surface area contributed by atoms with Crippen molar-refractivity contribution in [3.63, 3.8) is 0 Å². The van der Waals surface area contributed by atoms with Crippen molar-refractivity contribution in [1.82, 2.24) is 0 Å². The molecule has 0 N–H and O–H groups in total. The summed E-state index contributed by atoms with van der Waals surface area (Å²) in [6, 6.07) is 4.31. The molecule has 2 fully saturated rings. The van der Waals surface area contributed by atoms with Crippen LogP contribution in [0.2, 0.25) is 0 Å². The molecule has 2 atom stereocenters. The predicted molar refractivity (Wildman–Crippen MR) is 73.0 cm³/mol. The van der Waals surface area contributed by atoms with Gasteiger partial charge in [0.05, 0.1) is 12.2 Å². The van der Waals surface area contributed by atoms with Gasteiger partial charge in [0.2, 0.25) is 0 Å². The van der Waals surface area contributed by atoms with E-state index in [1.54, 1.807) is 0 Å². The summed E-state index contributed by atoms with van der Waals surface area (Å²) in [7, 11) is 0. The molecule has 1 aromatic carbocycles. The van der Waals surface area contributed by atoms with Gasteiger partial charge in [-0.2, -0.15) is 22.0 Å². The Hall–Kier alpha value is -1.70. The van der Waals surface area contributed by atoms with E-state index < -0.39 is 18.0 Å². The number of hydrogen-bond donors (Lipinski definition) is 0. The quantitative estimate of drug-likeness (QED) is 0.598. The van der Waals surface area contributed by atoms with E-state index in [0.29, 0.717) is 12.8 Å². The van der Waals surface area contributed by atoms with Gasteiger partial charge in [0, 0.05) is 11.5 Å². The molecule has 0 amide bonds. The first kappa shape index (κ1) is 17.1. The number of carbonyl (C=O) groups is 1. The Morgan fingerprint density at radius 2 is 1.54 bits per heavy atom. The Balaban J connectivity index is 1.67. The summed E-state index contributed by atoms with van der Waals surface area (Å²) in [6.45, 7) is 0. The van der Waals surface area contributed by atoms with Crippen molar-refractivity contribution in [2.45, 2.75) is 50.2 Å². The highest BCUT2D eigenvalue weighted by atomic mass is 19.4. The number of ether oxygens (including phenoxy) is 2. The maximum Gasteiger partial charge on any atom is 0.499 e. The van der Waals surface area contributed by atoms with Gasteiger partial charge in [-0.1, -0.05) is 0 Å². The van der Waals surface area contributed by atoms with E-state index in [0.717, 1.165) is 25.0 Å². The monoisotopic (exact) mass is 350 g/mol. The molecule has 2 saturated heterocycles. The van der Waals surface area contributed by atoms with Crippen LogP contribution in [0.3, 0.4) is 0 Å². The molecule has 2 aliphatic rings. The zero-order chi connectivity index (χ0) is 17.5. The topological polar surface area (TPSA) is 35.5 Å². The molecule has 0 saturated carbocycles. The van der Waals surface area contributed by atoms with Gasteiger partial charge in [0.15, 0.2) is 5.78 Å². The lowest BCUT2D eigenvalue weighted by Crippen LogP contribution is -2.41. The Morgan fingerprint density at radius 3 is 2.04 bits per heavy atom. The maximum atomic E-state index is 12.8. The maximum absolute atomic E-state index is 12.8. The number of ketones is 1. The summed E-state index contributed by atoms with van der Waals surface area (Å²) in [6.07, 6.45) is -7.86. The van der Waals surface area contributed by atoms with Gasteiger partial charge in [-0.25, -0.2) is 0 Å². The first-order valence-electron chi connectivity index (χ1n) is 7.59. The SMILES string of the molecule is O=C(c1ccc(OC(F)(F)C(F)(F)F)cc1)C1CC2CCC(C1)O2. The first-order valence-corrected chi connectivity index (χ1v) is 7.59. The summed E-state index contributed by atoms with van der Waals surface area (Å²) in [5.74, 6) is -1.01. The van der Waals surface area contributed by atoms with Crippen LogP contribution < -0.4 is 4.74 Å². The molecule has 1 aromatic rings. The van der Waals surface area contributed by atoms with E-state index in [1.807, 2.05) is 0 Å². The zero-order valence-electron chi connectivity index (χ0n) is 12.5. The molecular formula is C16H15F5O3. The van der Waals surface area contributed by atoms with Crippen LogP contribution in [0.5, 0.6) is 5.75 Å². The summed E-state index contributed by atoms with van der Waals surface area (Å²) in [5, 5.41) is 0. The zero-order valence-corrected chi connectivity index (χ0v) is 12.5. The Labute approximate surface area is 134 Å². The minimum atomic E-state index is -5.80. The van der Waals surface area contributed by atoms with Crippen LogP contribution in [-0.4, -0.2) is 30.3 Å². The fourth-order valence-electron chi connectivity index (χ4n) is 3.20. The molecule has 3 rings (SSSR count). The summed E-state index contributed by atoms with van der Waals surface area (Å²) < 4.78 is 71.3. The number of hydrogen-bond acceptors (Lipinski definition) is 3. The van der Waals surface area contributed by atoms with Crippen molar-refractivity contribution >= 4 is 5.78 Å². The molecule has 0 aromatic heterocycles. The standard InChI is InChI=1S/C16H15F5O3/c17-15(18,19)16(20,21)24-11-3-1-9(2-4-11)14(22)10-7-12-5-6-13(8-10)23-12/h1-4,10,12-13H,5-8H2. The highest BCUT2D eigenvalue weighted by Gasteiger charge is 2.61. The van der Waals surface area contributed by atoms with Crippen LogP contribution in [0.4, 0.5) is 22.0 Å². The van der Waals surface area contributed by atoms with E-state index in [-0.39, 0.29) is 29.5 Å². The van der Waals surface area contributed by atoms with Crippen molar-refractivity contribution in [1.29, 1.82) is 0 Å². The fraction of sp³-hybridized carbons (Fsp3) is 0.562. The number of fused-ring (bicyclic) bond motifs is 2. The minimum Gasteiger partial charge on any atom is -0.426 e. The van der Waals surface area contributed by atoms with Crippen LogP contribution in [0.15, 0.2) is 24.3 Å². The molecule has 3 nitrogen and oxygen atoms in total. The number of carbonyl (C=O) groups excluding carboxylic acids is 1. The third-order valence-corrected chi connectivity index (χ3v) is 4.38. The highest BCUT2D eigenvalue weighted by Crippen LogP contribution is 2.39. The van der Waals surface area contributed by atoms with Gasteiger partial charge in [-0.05, 0) is 49.9 Å². The fourth-order valence-corrected chi connectivity index (χ4v) is 3.20. The van der Waals surface area contributed by atoms with Gasteiger partial charge < -0.3 is 9.47 Å². The normalized spacial score (nSPS) is 27.1. The second kappa shape index (κ2) is 5.98. The third-order valence-electron chi connectivity index (χ3n) is 4.38. The van der Waals surface area contributed by atoms with Gasteiger partial charge in [-0.3, -0.25) is 4.79 Å². The number of Topliss-reactive ketones (excluding diaryl/α,β-unsaturated/α-hetero) is 1. The van der Waals surface area contributed by atoms with E-state index in [2.05, 4.69) is 4.74 Å². The first-order chi connectivity index (χ1) is 11.2. The molecule has 0 radical (unpaired) electrons. The van der Waals surface area contributed by atoms with E-state index in [4.69, 9.17) is 4.74 Å². The van der Waals surface area contributed by atoms with Crippen LogP contribution in [-0.2, 0) is 4.74 Å². The van der Waals surface area contributed by atoms with Crippen molar-refractivity contribution in [3.8, 4) is 5.75 Å². The number of rotatable bonds is 4. The average molecular weight is 350 g/mol.